The van der Waals surface area contributed by atoms with Gasteiger partial charge >= 0.3 is 0 Å². The van der Waals surface area contributed by atoms with Gasteiger partial charge in [-0.1, -0.05) is 12.1 Å². The van der Waals surface area contributed by atoms with Crippen LogP contribution in [0.1, 0.15) is 22.8 Å². The van der Waals surface area contributed by atoms with Gasteiger partial charge in [0.1, 0.15) is 0 Å². The van der Waals surface area contributed by atoms with Crippen LogP contribution in [0, 0.1) is 0 Å². The Morgan fingerprint density at radius 2 is 1.91 bits per heavy atom. The van der Waals surface area contributed by atoms with E-state index in [0.29, 0.717) is 12.1 Å². The molecule has 1 aromatic carbocycles. The van der Waals surface area contributed by atoms with Crippen LogP contribution >= 0.6 is 35.7 Å². The van der Waals surface area contributed by atoms with Gasteiger partial charge in [0, 0.05) is 31.5 Å². The summed E-state index contributed by atoms with van der Waals surface area (Å²) in [6, 6.07) is 7.49. The molecule has 0 atom stereocenters. The van der Waals surface area contributed by atoms with E-state index in [1.54, 1.807) is 18.8 Å². The van der Waals surface area contributed by atoms with Gasteiger partial charge in [-0.2, -0.15) is 11.8 Å². The maximum Gasteiger partial charge on any atom is 0.251 e. The van der Waals surface area contributed by atoms with Gasteiger partial charge in [-0.05, 0) is 30.9 Å². The molecule has 0 aliphatic heterocycles. The van der Waals surface area contributed by atoms with Crippen LogP contribution in [0.4, 0.5) is 0 Å². The van der Waals surface area contributed by atoms with Crippen molar-refractivity contribution in [2.24, 2.45) is 4.99 Å². The highest BCUT2D eigenvalue weighted by molar-refractivity contribution is 14.0. The Morgan fingerprint density at radius 3 is 2.45 bits per heavy atom. The van der Waals surface area contributed by atoms with Gasteiger partial charge in [-0.15, -0.1) is 24.0 Å². The first-order chi connectivity index (χ1) is 10.2. The number of hydrogen-bond acceptors (Lipinski definition) is 3. The predicted molar refractivity (Wildman–Crippen MR) is 106 cm³/mol. The van der Waals surface area contributed by atoms with Crippen LogP contribution in [-0.4, -0.2) is 44.0 Å². The van der Waals surface area contributed by atoms with Crippen LogP contribution in [0.25, 0.3) is 0 Å². The molecule has 0 aliphatic rings. The largest absolute Gasteiger partial charge is 0.357 e. The molecule has 0 aliphatic carbocycles. The third kappa shape index (κ3) is 7.88. The molecule has 3 N–H and O–H groups in total. The van der Waals surface area contributed by atoms with Gasteiger partial charge in [-0.3, -0.25) is 4.79 Å². The highest BCUT2D eigenvalue weighted by Crippen LogP contribution is 2.05. The van der Waals surface area contributed by atoms with Crippen LogP contribution in [-0.2, 0) is 6.54 Å². The van der Waals surface area contributed by atoms with Gasteiger partial charge in [0.15, 0.2) is 5.96 Å². The van der Waals surface area contributed by atoms with E-state index >= 15 is 0 Å². The summed E-state index contributed by atoms with van der Waals surface area (Å²) < 4.78 is 0. The second-order valence-electron chi connectivity index (χ2n) is 4.39. The van der Waals surface area contributed by atoms with E-state index in [1.807, 2.05) is 31.2 Å². The van der Waals surface area contributed by atoms with E-state index < -0.39 is 0 Å². The number of hydrogen-bond donors (Lipinski definition) is 3. The zero-order valence-corrected chi connectivity index (χ0v) is 16.5. The SMILES string of the molecule is CCNC(=NCc1ccc(C(=O)NC)cc1)NCCSC.I. The van der Waals surface area contributed by atoms with Gasteiger partial charge in [0.2, 0.25) is 0 Å². The molecule has 7 heteroatoms. The monoisotopic (exact) mass is 436 g/mol. The molecule has 0 heterocycles. The minimum absolute atomic E-state index is 0. The lowest BCUT2D eigenvalue weighted by atomic mass is 10.1. The van der Waals surface area contributed by atoms with Crippen molar-refractivity contribution < 1.29 is 4.79 Å². The minimum Gasteiger partial charge on any atom is -0.357 e. The second-order valence-corrected chi connectivity index (χ2v) is 5.38. The van der Waals surface area contributed by atoms with Gasteiger partial charge in [-0.25, -0.2) is 4.99 Å². The molecular formula is C15H25IN4OS. The van der Waals surface area contributed by atoms with E-state index in [2.05, 4.69) is 27.2 Å². The zero-order chi connectivity index (χ0) is 15.5. The summed E-state index contributed by atoms with van der Waals surface area (Å²) in [7, 11) is 1.63. The number of nitrogens with zero attached hydrogens (tertiary/aromatic N) is 1. The van der Waals surface area contributed by atoms with Crippen molar-refractivity contribution in [2.45, 2.75) is 13.5 Å². The minimum atomic E-state index is -0.0721. The van der Waals surface area contributed by atoms with Gasteiger partial charge < -0.3 is 16.0 Å². The Balaban J connectivity index is 0.00000441. The molecule has 0 spiro atoms. The number of rotatable bonds is 7. The lowest BCUT2D eigenvalue weighted by molar-refractivity contribution is 0.0963. The second kappa shape index (κ2) is 12.6. The molecule has 1 amide bonds. The molecule has 0 bridgehead atoms. The number of guanidine groups is 1. The van der Waals surface area contributed by atoms with Crippen molar-refractivity contribution in [3.05, 3.63) is 35.4 Å². The molecule has 1 rings (SSSR count). The van der Waals surface area contributed by atoms with E-state index in [1.165, 1.54) is 0 Å². The molecule has 0 saturated heterocycles. The van der Waals surface area contributed by atoms with Crippen molar-refractivity contribution in [2.75, 3.05) is 32.1 Å². The molecule has 0 radical (unpaired) electrons. The molecule has 5 nitrogen and oxygen atoms in total. The summed E-state index contributed by atoms with van der Waals surface area (Å²) in [5.41, 5.74) is 1.74. The molecule has 0 unspecified atom stereocenters. The van der Waals surface area contributed by atoms with Crippen molar-refractivity contribution >= 4 is 47.6 Å². The summed E-state index contributed by atoms with van der Waals surface area (Å²) >= 11 is 1.80. The number of amides is 1. The molecule has 124 valence electrons. The Kier molecular flexibility index (Phi) is 12.0. The molecule has 0 saturated carbocycles. The Bertz CT molecular complexity index is 465. The average molecular weight is 436 g/mol. The van der Waals surface area contributed by atoms with Crippen LogP contribution in [0.15, 0.2) is 29.3 Å². The smallest absolute Gasteiger partial charge is 0.251 e. The van der Waals surface area contributed by atoms with Crippen molar-refractivity contribution in [1.82, 2.24) is 16.0 Å². The highest BCUT2D eigenvalue weighted by Gasteiger charge is 2.02. The first-order valence-electron chi connectivity index (χ1n) is 7.03. The van der Waals surface area contributed by atoms with E-state index in [9.17, 15) is 4.79 Å². The first kappa shape index (κ1) is 21.0. The summed E-state index contributed by atoms with van der Waals surface area (Å²) in [6.07, 6.45) is 2.08. The molecule has 0 fully saturated rings. The normalized spacial score (nSPS) is 10.6. The summed E-state index contributed by atoms with van der Waals surface area (Å²) in [5.74, 6) is 1.80. The quantitative estimate of drug-likeness (QED) is 0.265. The molecule has 22 heavy (non-hydrogen) atoms. The third-order valence-electron chi connectivity index (χ3n) is 2.81. The van der Waals surface area contributed by atoms with Crippen LogP contribution < -0.4 is 16.0 Å². The number of nitrogens with one attached hydrogen (secondary N) is 3. The standard InChI is InChI=1S/C15H24N4OS.HI/c1-4-17-15(18-9-10-21-3)19-11-12-5-7-13(8-6-12)14(20)16-2;/h5-8H,4,9-11H2,1-3H3,(H,16,20)(H2,17,18,19);1H. The average Bonchev–Trinajstić information content (AvgIpc) is 2.52. The van der Waals surface area contributed by atoms with Crippen LogP contribution in [0.3, 0.4) is 0 Å². The first-order valence-corrected chi connectivity index (χ1v) is 8.42. The van der Waals surface area contributed by atoms with Gasteiger partial charge in [0.25, 0.3) is 5.91 Å². The zero-order valence-electron chi connectivity index (χ0n) is 13.3. The molecular weight excluding hydrogens is 411 g/mol. The molecule has 0 aromatic heterocycles. The van der Waals surface area contributed by atoms with E-state index in [-0.39, 0.29) is 29.9 Å². The number of thioether (sulfide) groups is 1. The van der Waals surface area contributed by atoms with E-state index in [0.717, 1.165) is 30.4 Å². The Hall–Kier alpha value is -0.960. The van der Waals surface area contributed by atoms with Crippen LogP contribution in [0.5, 0.6) is 0 Å². The fourth-order valence-corrected chi connectivity index (χ4v) is 2.00. The van der Waals surface area contributed by atoms with Crippen molar-refractivity contribution in [1.29, 1.82) is 0 Å². The fraction of sp³-hybridized carbons (Fsp3) is 0.467. The van der Waals surface area contributed by atoms with Crippen molar-refractivity contribution in [3.8, 4) is 0 Å². The number of carbonyl (C=O) groups is 1. The summed E-state index contributed by atoms with van der Waals surface area (Å²) in [5, 5.41) is 9.11. The topological polar surface area (TPSA) is 65.5 Å². The maximum atomic E-state index is 11.5. The Morgan fingerprint density at radius 1 is 1.23 bits per heavy atom. The number of halogens is 1. The van der Waals surface area contributed by atoms with Crippen LogP contribution in [0.2, 0.25) is 0 Å². The predicted octanol–water partition coefficient (Wildman–Crippen LogP) is 2.08. The summed E-state index contributed by atoms with van der Waals surface area (Å²) in [6.45, 7) is 4.36. The lowest BCUT2D eigenvalue weighted by Gasteiger charge is -2.10. The fourth-order valence-electron chi connectivity index (χ4n) is 1.69. The van der Waals surface area contributed by atoms with Gasteiger partial charge in [0.05, 0.1) is 6.54 Å². The number of benzene rings is 1. The lowest BCUT2D eigenvalue weighted by Crippen LogP contribution is -2.38. The number of aliphatic imine (C=N–C) groups is 1. The van der Waals surface area contributed by atoms with Crippen molar-refractivity contribution in [3.63, 3.8) is 0 Å². The maximum absolute atomic E-state index is 11.5. The molecule has 1 aromatic rings. The third-order valence-corrected chi connectivity index (χ3v) is 3.42. The summed E-state index contributed by atoms with van der Waals surface area (Å²) in [4.78, 5) is 16.0. The Labute approximate surface area is 154 Å². The highest BCUT2D eigenvalue weighted by atomic mass is 127. The van der Waals surface area contributed by atoms with E-state index in [4.69, 9.17) is 0 Å². The number of carbonyl (C=O) groups excluding carboxylic acids is 1.